The summed E-state index contributed by atoms with van der Waals surface area (Å²) in [6.07, 6.45) is 0.826. The van der Waals surface area contributed by atoms with E-state index in [0.717, 1.165) is 16.0 Å². The lowest BCUT2D eigenvalue weighted by atomic mass is 10.3. The molecule has 11 heavy (non-hydrogen) atoms. The van der Waals surface area contributed by atoms with Crippen molar-refractivity contribution in [3.05, 3.63) is 15.0 Å². The molecular formula is C6H4BrCl2NS. The molecule has 1 fully saturated rings. The minimum atomic E-state index is -0.548. The van der Waals surface area contributed by atoms with Gasteiger partial charge in [-0.15, -0.1) is 34.5 Å². The van der Waals surface area contributed by atoms with E-state index in [9.17, 15) is 0 Å². The van der Waals surface area contributed by atoms with E-state index in [1.807, 2.05) is 5.38 Å². The topological polar surface area (TPSA) is 12.9 Å². The Bertz CT molecular complexity index is 286. The van der Waals surface area contributed by atoms with Gasteiger partial charge in [-0.2, -0.15) is 0 Å². The SMILES string of the molecule is ClC1(Cl)CC1c1csc(Br)n1. The number of hydrogen-bond acceptors (Lipinski definition) is 2. The van der Waals surface area contributed by atoms with Crippen molar-refractivity contribution < 1.29 is 0 Å². The van der Waals surface area contributed by atoms with Crippen molar-refractivity contribution >= 4 is 50.5 Å². The molecule has 0 aliphatic heterocycles. The maximum atomic E-state index is 5.87. The van der Waals surface area contributed by atoms with E-state index in [1.165, 1.54) is 0 Å². The average molecular weight is 273 g/mol. The van der Waals surface area contributed by atoms with E-state index in [2.05, 4.69) is 20.9 Å². The molecule has 0 spiro atoms. The lowest BCUT2D eigenvalue weighted by Crippen LogP contribution is -1.89. The van der Waals surface area contributed by atoms with Gasteiger partial charge in [0.05, 0.1) is 5.69 Å². The Kier molecular flexibility index (Phi) is 1.95. The Labute approximate surface area is 86.9 Å². The Morgan fingerprint density at radius 1 is 1.73 bits per heavy atom. The summed E-state index contributed by atoms with van der Waals surface area (Å²) in [6.45, 7) is 0. The molecule has 0 saturated heterocycles. The van der Waals surface area contributed by atoms with Crippen LogP contribution in [0.5, 0.6) is 0 Å². The molecule has 1 aromatic heterocycles. The average Bonchev–Trinajstić information content (AvgIpc) is 2.39. The Hall–Kier alpha value is 0.690. The molecule has 60 valence electrons. The van der Waals surface area contributed by atoms with E-state index >= 15 is 0 Å². The van der Waals surface area contributed by atoms with Crippen molar-refractivity contribution in [1.29, 1.82) is 0 Å². The van der Waals surface area contributed by atoms with Crippen LogP contribution in [0.1, 0.15) is 18.0 Å². The maximum Gasteiger partial charge on any atom is 0.159 e. The van der Waals surface area contributed by atoms with Gasteiger partial charge in [-0.3, -0.25) is 0 Å². The first-order chi connectivity index (χ1) is 5.09. The van der Waals surface area contributed by atoms with Gasteiger partial charge in [0, 0.05) is 11.3 Å². The number of alkyl halides is 2. The molecule has 0 aromatic carbocycles. The first kappa shape index (κ1) is 8.30. The smallest absolute Gasteiger partial charge is 0.159 e. The fourth-order valence-electron chi connectivity index (χ4n) is 0.957. The summed E-state index contributed by atoms with van der Waals surface area (Å²) in [5.74, 6) is 0.244. The van der Waals surface area contributed by atoms with Gasteiger partial charge < -0.3 is 0 Å². The molecule has 0 N–H and O–H groups in total. The molecule has 1 unspecified atom stereocenters. The summed E-state index contributed by atoms with van der Waals surface area (Å²) in [5, 5.41) is 1.99. The predicted octanol–water partition coefficient (Wildman–Crippen LogP) is 3.57. The lowest BCUT2D eigenvalue weighted by molar-refractivity contribution is 1.03. The molecule has 5 heteroatoms. The zero-order valence-electron chi connectivity index (χ0n) is 5.35. The molecule has 1 aliphatic carbocycles. The van der Waals surface area contributed by atoms with Gasteiger partial charge in [0.1, 0.15) is 4.33 Å². The van der Waals surface area contributed by atoms with Crippen LogP contribution < -0.4 is 0 Å². The zero-order valence-corrected chi connectivity index (χ0v) is 9.27. The van der Waals surface area contributed by atoms with Gasteiger partial charge in [0.15, 0.2) is 3.92 Å². The molecule has 1 saturated carbocycles. The van der Waals surface area contributed by atoms with E-state index in [4.69, 9.17) is 23.2 Å². The highest BCUT2D eigenvalue weighted by Crippen LogP contribution is 2.59. The minimum absolute atomic E-state index is 0.244. The van der Waals surface area contributed by atoms with Gasteiger partial charge in [-0.1, -0.05) is 0 Å². The summed E-state index contributed by atoms with van der Waals surface area (Å²) in [7, 11) is 0. The second-order valence-electron chi connectivity index (χ2n) is 2.54. The third kappa shape index (κ3) is 1.57. The van der Waals surface area contributed by atoms with Crippen molar-refractivity contribution in [2.24, 2.45) is 0 Å². The first-order valence-electron chi connectivity index (χ1n) is 3.08. The van der Waals surface area contributed by atoms with E-state index < -0.39 is 4.33 Å². The molecule has 1 nitrogen and oxygen atoms in total. The normalized spacial score (nSPS) is 27.0. The summed E-state index contributed by atoms with van der Waals surface area (Å²) in [5.41, 5.74) is 1.01. The summed E-state index contributed by atoms with van der Waals surface area (Å²) in [6, 6.07) is 0. The molecule has 1 atom stereocenters. The van der Waals surface area contributed by atoms with Crippen LogP contribution in [-0.2, 0) is 0 Å². The minimum Gasteiger partial charge on any atom is -0.234 e. The Morgan fingerprint density at radius 3 is 2.73 bits per heavy atom. The second kappa shape index (κ2) is 2.59. The highest BCUT2D eigenvalue weighted by atomic mass is 79.9. The molecular weight excluding hydrogens is 269 g/mol. The van der Waals surface area contributed by atoms with Crippen LogP contribution in [0, 0.1) is 0 Å². The summed E-state index contributed by atoms with van der Waals surface area (Å²) in [4.78, 5) is 4.23. The monoisotopic (exact) mass is 271 g/mol. The van der Waals surface area contributed by atoms with Crippen LogP contribution in [-0.4, -0.2) is 9.32 Å². The second-order valence-corrected chi connectivity index (χ2v) is 6.22. The molecule has 1 aromatic rings. The largest absolute Gasteiger partial charge is 0.234 e. The fraction of sp³-hybridized carbons (Fsp3) is 0.500. The number of halogens is 3. The van der Waals surface area contributed by atoms with Gasteiger partial charge in [0.25, 0.3) is 0 Å². The molecule has 0 bridgehead atoms. The van der Waals surface area contributed by atoms with Crippen LogP contribution >= 0.6 is 50.5 Å². The van der Waals surface area contributed by atoms with Gasteiger partial charge >= 0.3 is 0 Å². The molecule has 0 amide bonds. The third-order valence-corrected chi connectivity index (χ3v) is 3.90. The van der Waals surface area contributed by atoms with E-state index in [0.29, 0.717) is 0 Å². The first-order valence-corrected chi connectivity index (χ1v) is 5.51. The Morgan fingerprint density at radius 2 is 2.36 bits per heavy atom. The van der Waals surface area contributed by atoms with Gasteiger partial charge in [-0.25, -0.2) is 4.98 Å². The molecule has 1 heterocycles. The molecule has 2 rings (SSSR count). The van der Waals surface area contributed by atoms with Crippen LogP contribution in [0.4, 0.5) is 0 Å². The van der Waals surface area contributed by atoms with Gasteiger partial charge in [-0.05, 0) is 22.4 Å². The number of rotatable bonds is 1. The maximum absolute atomic E-state index is 5.87. The van der Waals surface area contributed by atoms with E-state index in [1.54, 1.807) is 11.3 Å². The predicted molar refractivity (Wildman–Crippen MR) is 51.6 cm³/mol. The van der Waals surface area contributed by atoms with Crippen molar-refractivity contribution in [3.8, 4) is 0 Å². The fourth-order valence-corrected chi connectivity index (χ4v) is 2.57. The number of aromatic nitrogens is 1. The zero-order chi connectivity index (χ0) is 8.06. The number of hydrogen-bond donors (Lipinski definition) is 0. The lowest BCUT2D eigenvalue weighted by Gasteiger charge is -1.92. The summed E-state index contributed by atoms with van der Waals surface area (Å²) >= 11 is 16.6. The highest BCUT2D eigenvalue weighted by molar-refractivity contribution is 9.11. The van der Waals surface area contributed by atoms with Crippen LogP contribution in [0.3, 0.4) is 0 Å². The Balaban J connectivity index is 2.20. The van der Waals surface area contributed by atoms with E-state index in [-0.39, 0.29) is 5.92 Å². The van der Waals surface area contributed by atoms with Crippen molar-refractivity contribution in [1.82, 2.24) is 4.98 Å². The van der Waals surface area contributed by atoms with Crippen molar-refractivity contribution in [2.45, 2.75) is 16.7 Å². The van der Waals surface area contributed by atoms with Crippen LogP contribution in [0.25, 0.3) is 0 Å². The molecule has 1 aliphatic rings. The number of thiazole rings is 1. The highest BCUT2D eigenvalue weighted by Gasteiger charge is 2.53. The van der Waals surface area contributed by atoms with Crippen molar-refractivity contribution in [3.63, 3.8) is 0 Å². The van der Waals surface area contributed by atoms with Crippen molar-refractivity contribution in [2.75, 3.05) is 0 Å². The molecule has 0 radical (unpaired) electrons. The van der Waals surface area contributed by atoms with Crippen LogP contribution in [0.2, 0.25) is 0 Å². The number of nitrogens with zero attached hydrogens (tertiary/aromatic N) is 1. The summed E-state index contributed by atoms with van der Waals surface area (Å²) < 4.78 is 0.344. The third-order valence-electron chi connectivity index (χ3n) is 1.68. The standard InChI is InChI=1S/C6H4BrCl2NS/c7-5-10-4(2-11-5)3-1-6(3,8)9/h2-3H,1H2. The van der Waals surface area contributed by atoms with Crippen LogP contribution in [0.15, 0.2) is 9.30 Å². The van der Waals surface area contributed by atoms with Gasteiger partial charge in [0.2, 0.25) is 0 Å². The quantitative estimate of drug-likeness (QED) is 0.713.